The molecule has 1 aliphatic heterocycles. The molecule has 1 saturated heterocycles. The Bertz CT molecular complexity index is 594. The lowest BCUT2D eigenvalue weighted by atomic mass is 10.0. The van der Waals surface area contributed by atoms with Gasteiger partial charge in [-0.05, 0) is 31.4 Å². The van der Waals surface area contributed by atoms with Gasteiger partial charge in [0.15, 0.2) is 0 Å². The first-order valence-corrected chi connectivity index (χ1v) is 8.07. The van der Waals surface area contributed by atoms with Gasteiger partial charge in [0.2, 0.25) is 5.91 Å². The largest absolute Gasteiger partial charge is 0.417 e. The summed E-state index contributed by atoms with van der Waals surface area (Å²) < 4.78 is 38.9. The number of piperidine rings is 1. The Hall–Kier alpha value is -2.05. The third-order valence-electron chi connectivity index (χ3n) is 4.12. The second-order valence-corrected chi connectivity index (χ2v) is 5.92. The van der Waals surface area contributed by atoms with Gasteiger partial charge >= 0.3 is 6.18 Å². The molecule has 1 aromatic carbocycles. The number of amides is 2. The molecule has 1 fully saturated rings. The Labute approximate surface area is 139 Å². The molecule has 1 N–H and O–H groups in total. The zero-order chi connectivity index (χ0) is 17.7. The highest BCUT2D eigenvalue weighted by molar-refractivity contribution is 5.96. The summed E-state index contributed by atoms with van der Waals surface area (Å²) >= 11 is 0. The quantitative estimate of drug-likeness (QED) is 0.913. The molecule has 1 heterocycles. The van der Waals surface area contributed by atoms with E-state index in [1.807, 2.05) is 6.92 Å². The molecule has 2 amide bonds. The van der Waals surface area contributed by atoms with E-state index in [-0.39, 0.29) is 17.5 Å². The summed E-state index contributed by atoms with van der Waals surface area (Å²) in [4.78, 5) is 25.8. The normalized spacial score (nSPS) is 16.1. The van der Waals surface area contributed by atoms with E-state index >= 15 is 0 Å². The van der Waals surface area contributed by atoms with Crippen molar-refractivity contribution in [2.75, 3.05) is 13.1 Å². The minimum atomic E-state index is -4.57. The summed E-state index contributed by atoms with van der Waals surface area (Å²) in [5.41, 5.74) is -1.30. The standard InChI is InChI=1S/C17H21F3N2O2/c1-2-5-15(23)22-10-8-12(9-11-22)21-16(24)13-6-3-4-7-14(13)17(18,19)20/h3-4,6-7,12H,2,5,8-11H2,1H3,(H,21,24). The van der Waals surface area contributed by atoms with Crippen LogP contribution in [0.5, 0.6) is 0 Å². The average molecular weight is 342 g/mol. The zero-order valence-electron chi connectivity index (χ0n) is 13.5. The molecule has 0 atom stereocenters. The fourth-order valence-corrected chi connectivity index (χ4v) is 2.84. The van der Waals surface area contributed by atoms with E-state index in [1.54, 1.807) is 4.90 Å². The van der Waals surface area contributed by atoms with Gasteiger partial charge < -0.3 is 10.2 Å². The van der Waals surface area contributed by atoms with Crippen LogP contribution in [0.15, 0.2) is 24.3 Å². The van der Waals surface area contributed by atoms with Crippen molar-refractivity contribution in [1.82, 2.24) is 10.2 Å². The number of rotatable bonds is 4. The van der Waals surface area contributed by atoms with Crippen molar-refractivity contribution in [3.63, 3.8) is 0 Å². The molecular weight excluding hydrogens is 321 g/mol. The van der Waals surface area contributed by atoms with Gasteiger partial charge in [-0.15, -0.1) is 0 Å². The van der Waals surface area contributed by atoms with Crippen LogP contribution >= 0.6 is 0 Å². The van der Waals surface area contributed by atoms with E-state index in [2.05, 4.69) is 5.32 Å². The topological polar surface area (TPSA) is 49.4 Å². The van der Waals surface area contributed by atoms with Crippen molar-refractivity contribution < 1.29 is 22.8 Å². The number of hydrogen-bond acceptors (Lipinski definition) is 2. The van der Waals surface area contributed by atoms with Gasteiger partial charge in [-0.25, -0.2) is 0 Å². The molecule has 0 radical (unpaired) electrons. The van der Waals surface area contributed by atoms with Gasteiger partial charge in [-0.3, -0.25) is 9.59 Å². The SMILES string of the molecule is CCCC(=O)N1CCC(NC(=O)c2ccccc2C(F)(F)F)CC1. The van der Waals surface area contributed by atoms with Crippen molar-refractivity contribution in [3.05, 3.63) is 35.4 Å². The Kier molecular flexibility index (Phi) is 5.85. The monoisotopic (exact) mass is 342 g/mol. The number of alkyl halides is 3. The van der Waals surface area contributed by atoms with Gasteiger partial charge in [-0.1, -0.05) is 19.1 Å². The van der Waals surface area contributed by atoms with Crippen molar-refractivity contribution in [1.29, 1.82) is 0 Å². The summed E-state index contributed by atoms with van der Waals surface area (Å²) in [6, 6.07) is 4.54. The van der Waals surface area contributed by atoms with Crippen LogP contribution < -0.4 is 5.32 Å². The van der Waals surface area contributed by atoms with E-state index in [0.29, 0.717) is 32.4 Å². The number of carbonyl (C=O) groups excluding carboxylic acids is 2. The van der Waals surface area contributed by atoms with E-state index < -0.39 is 17.6 Å². The number of hydrogen-bond donors (Lipinski definition) is 1. The predicted octanol–water partition coefficient (Wildman–Crippen LogP) is 3.23. The predicted molar refractivity (Wildman–Crippen MR) is 83.4 cm³/mol. The van der Waals surface area contributed by atoms with Crippen molar-refractivity contribution in [2.24, 2.45) is 0 Å². The molecule has 1 aromatic rings. The van der Waals surface area contributed by atoms with E-state index in [0.717, 1.165) is 12.5 Å². The van der Waals surface area contributed by atoms with Crippen LogP contribution in [0, 0.1) is 0 Å². The maximum Gasteiger partial charge on any atom is 0.417 e. The number of benzene rings is 1. The first-order valence-electron chi connectivity index (χ1n) is 8.07. The lowest BCUT2D eigenvalue weighted by Crippen LogP contribution is -2.46. The first kappa shape index (κ1) is 18.3. The smallest absolute Gasteiger partial charge is 0.349 e. The Balaban J connectivity index is 1.97. The van der Waals surface area contributed by atoms with Crippen molar-refractivity contribution >= 4 is 11.8 Å². The number of nitrogens with one attached hydrogen (secondary N) is 1. The van der Waals surface area contributed by atoms with Gasteiger partial charge in [0.1, 0.15) is 0 Å². The molecule has 0 aromatic heterocycles. The second kappa shape index (κ2) is 7.68. The van der Waals surface area contributed by atoms with Crippen LogP contribution in [0.2, 0.25) is 0 Å². The fourth-order valence-electron chi connectivity index (χ4n) is 2.84. The summed E-state index contributed by atoms with van der Waals surface area (Å²) in [6.07, 6.45) is -2.19. The molecule has 4 nitrogen and oxygen atoms in total. The highest BCUT2D eigenvalue weighted by Crippen LogP contribution is 2.31. The van der Waals surface area contributed by atoms with E-state index in [1.165, 1.54) is 18.2 Å². The van der Waals surface area contributed by atoms with Crippen LogP contribution in [-0.2, 0) is 11.0 Å². The molecule has 0 spiro atoms. The number of halogens is 3. The molecule has 7 heteroatoms. The molecule has 132 valence electrons. The van der Waals surface area contributed by atoms with E-state index in [4.69, 9.17) is 0 Å². The Morgan fingerprint density at radius 1 is 1.21 bits per heavy atom. The number of nitrogens with zero attached hydrogens (tertiary/aromatic N) is 1. The second-order valence-electron chi connectivity index (χ2n) is 5.92. The summed E-state index contributed by atoms with van der Waals surface area (Å²) in [7, 11) is 0. The maximum atomic E-state index is 13.0. The fraction of sp³-hybridized carbons (Fsp3) is 0.529. The lowest BCUT2D eigenvalue weighted by Gasteiger charge is -2.32. The van der Waals surface area contributed by atoms with Crippen LogP contribution in [0.3, 0.4) is 0 Å². The first-order chi connectivity index (χ1) is 11.3. The minimum absolute atomic E-state index is 0.0877. The molecule has 0 aliphatic carbocycles. The third kappa shape index (κ3) is 4.49. The maximum absolute atomic E-state index is 13.0. The molecule has 0 saturated carbocycles. The van der Waals surface area contributed by atoms with Gasteiger partial charge in [0.05, 0.1) is 11.1 Å². The van der Waals surface area contributed by atoms with Crippen molar-refractivity contribution in [3.8, 4) is 0 Å². The molecule has 2 rings (SSSR count). The molecule has 1 aliphatic rings. The van der Waals surface area contributed by atoms with Crippen LogP contribution in [0.1, 0.15) is 48.5 Å². The average Bonchev–Trinajstić information content (AvgIpc) is 2.55. The highest BCUT2D eigenvalue weighted by atomic mass is 19.4. The number of carbonyl (C=O) groups is 2. The highest BCUT2D eigenvalue weighted by Gasteiger charge is 2.35. The van der Waals surface area contributed by atoms with Gasteiger partial charge in [-0.2, -0.15) is 13.2 Å². The summed E-state index contributed by atoms with van der Waals surface area (Å²) in [5.74, 6) is -0.633. The van der Waals surface area contributed by atoms with E-state index in [9.17, 15) is 22.8 Å². The van der Waals surface area contributed by atoms with Crippen molar-refractivity contribution in [2.45, 2.75) is 44.8 Å². The molecular formula is C17H21F3N2O2. The lowest BCUT2D eigenvalue weighted by molar-refractivity contribution is -0.138. The summed E-state index contributed by atoms with van der Waals surface area (Å²) in [6.45, 7) is 2.97. The van der Waals surface area contributed by atoms with Gasteiger partial charge in [0, 0.05) is 25.6 Å². The Morgan fingerprint density at radius 3 is 2.42 bits per heavy atom. The zero-order valence-corrected chi connectivity index (χ0v) is 13.5. The van der Waals surface area contributed by atoms with Crippen LogP contribution in [0.25, 0.3) is 0 Å². The Morgan fingerprint density at radius 2 is 1.83 bits per heavy atom. The third-order valence-corrected chi connectivity index (χ3v) is 4.12. The molecule has 24 heavy (non-hydrogen) atoms. The molecule has 0 bridgehead atoms. The van der Waals surface area contributed by atoms with Gasteiger partial charge in [0.25, 0.3) is 5.91 Å². The summed E-state index contributed by atoms with van der Waals surface area (Å²) in [5, 5.41) is 2.66. The number of likely N-dealkylation sites (tertiary alicyclic amines) is 1. The van der Waals surface area contributed by atoms with Crippen LogP contribution in [0.4, 0.5) is 13.2 Å². The molecule has 0 unspecified atom stereocenters. The van der Waals surface area contributed by atoms with Crippen LogP contribution in [-0.4, -0.2) is 35.8 Å². The minimum Gasteiger partial charge on any atom is -0.349 e.